The molecule has 30 heavy (non-hydrogen) atoms. The van der Waals surface area contributed by atoms with Crippen molar-refractivity contribution >= 4 is 35.1 Å². The summed E-state index contributed by atoms with van der Waals surface area (Å²) in [6.45, 7) is 3.79. The van der Waals surface area contributed by atoms with E-state index in [1.165, 1.54) is 24.3 Å². The van der Waals surface area contributed by atoms with Crippen LogP contribution >= 0.6 is 0 Å². The van der Waals surface area contributed by atoms with Gasteiger partial charge >= 0.3 is 5.97 Å². The lowest BCUT2D eigenvalue weighted by Gasteiger charge is -2.16. The number of amides is 3. The second-order valence-corrected chi connectivity index (χ2v) is 7.42. The summed E-state index contributed by atoms with van der Waals surface area (Å²) in [5.41, 5.74) is 1.72. The predicted octanol–water partition coefficient (Wildman–Crippen LogP) is 2.20. The van der Waals surface area contributed by atoms with E-state index in [1.807, 2.05) is 13.8 Å². The van der Waals surface area contributed by atoms with E-state index in [-0.39, 0.29) is 36.0 Å². The van der Waals surface area contributed by atoms with Gasteiger partial charge in [-0.1, -0.05) is 18.2 Å². The van der Waals surface area contributed by atoms with Gasteiger partial charge in [-0.3, -0.25) is 14.4 Å². The Bertz CT molecular complexity index is 985. The molecule has 0 bridgehead atoms. The van der Waals surface area contributed by atoms with Gasteiger partial charge in [0.2, 0.25) is 11.8 Å². The average Bonchev–Trinajstić information content (AvgIpc) is 2.96. The largest absolute Gasteiger partial charge is 0.478 e. The van der Waals surface area contributed by atoms with Crippen LogP contribution in [0.4, 0.5) is 11.4 Å². The van der Waals surface area contributed by atoms with Crippen LogP contribution in [0.25, 0.3) is 0 Å². The van der Waals surface area contributed by atoms with Crippen molar-refractivity contribution in [3.05, 3.63) is 59.7 Å². The van der Waals surface area contributed by atoms with Crippen LogP contribution in [0.5, 0.6) is 0 Å². The summed E-state index contributed by atoms with van der Waals surface area (Å²) in [6, 6.07) is 12.1. The molecule has 1 saturated heterocycles. The van der Waals surface area contributed by atoms with Crippen molar-refractivity contribution in [3.63, 3.8) is 0 Å². The van der Waals surface area contributed by atoms with Crippen molar-refractivity contribution in [2.24, 2.45) is 0 Å². The summed E-state index contributed by atoms with van der Waals surface area (Å²) in [6.07, 6.45) is 0.224. The van der Waals surface area contributed by atoms with Gasteiger partial charge in [0.1, 0.15) is 6.04 Å². The first-order valence-corrected chi connectivity index (χ1v) is 9.59. The van der Waals surface area contributed by atoms with Crippen molar-refractivity contribution in [2.75, 3.05) is 10.2 Å². The van der Waals surface area contributed by atoms with E-state index < -0.39 is 23.8 Å². The minimum absolute atomic E-state index is 0.00148. The molecule has 1 atom stereocenters. The molecule has 0 radical (unpaired) electrons. The molecule has 0 spiro atoms. The van der Waals surface area contributed by atoms with Crippen molar-refractivity contribution in [3.8, 4) is 0 Å². The Labute approximate surface area is 173 Å². The number of carbonyl (C=O) groups excluding carboxylic acids is 3. The van der Waals surface area contributed by atoms with Crippen LogP contribution in [-0.4, -0.2) is 40.9 Å². The lowest BCUT2D eigenvalue weighted by atomic mass is 10.1. The zero-order valence-electron chi connectivity index (χ0n) is 16.7. The highest BCUT2D eigenvalue weighted by Gasteiger charge is 2.39. The first-order valence-electron chi connectivity index (χ1n) is 9.59. The molecule has 0 aromatic heterocycles. The van der Waals surface area contributed by atoms with Crippen molar-refractivity contribution in [1.82, 2.24) is 5.32 Å². The highest BCUT2D eigenvalue weighted by atomic mass is 16.4. The van der Waals surface area contributed by atoms with Gasteiger partial charge < -0.3 is 15.7 Å². The molecule has 0 saturated carbocycles. The van der Waals surface area contributed by atoms with Crippen LogP contribution < -0.4 is 15.5 Å². The Morgan fingerprint density at radius 3 is 2.47 bits per heavy atom. The summed E-state index contributed by atoms with van der Waals surface area (Å²) in [4.78, 5) is 49.2. The molecular formula is C22H23N3O5. The number of rotatable bonds is 7. The third-order valence-electron chi connectivity index (χ3n) is 4.61. The fourth-order valence-corrected chi connectivity index (χ4v) is 3.27. The van der Waals surface area contributed by atoms with E-state index in [2.05, 4.69) is 10.6 Å². The van der Waals surface area contributed by atoms with Gasteiger partial charge in [-0.05, 0) is 49.7 Å². The summed E-state index contributed by atoms with van der Waals surface area (Å²) in [7, 11) is 0. The smallest absolute Gasteiger partial charge is 0.335 e. The lowest BCUT2D eigenvalue weighted by Crippen LogP contribution is -2.34. The normalized spacial score (nSPS) is 16.1. The average molecular weight is 409 g/mol. The van der Waals surface area contributed by atoms with Crippen LogP contribution in [0.2, 0.25) is 0 Å². The number of carboxylic acid groups (broad SMARTS) is 1. The van der Waals surface area contributed by atoms with E-state index in [0.717, 1.165) is 10.5 Å². The minimum Gasteiger partial charge on any atom is -0.478 e. The number of hydrogen-bond acceptors (Lipinski definition) is 5. The van der Waals surface area contributed by atoms with E-state index in [1.54, 1.807) is 24.3 Å². The monoisotopic (exact) mass is 409 g/mol. The maximum Gasteiger partial charge on any atom is 0.335 e. The zero-order valence-corrected chi connectivity index (χ0v) is 16.7. The van der Waals surface area contributed by atoms with Crippen LogP contribution in [-0.2, 0) is 20.8 Å². The predicted molar refractivity (Wildman–Crippen MR) is 111 cm³/mol. The van der Waals surface area contributed by atoms with Gasteiger partial charge in [0.25, 0.3) is 5.91 Å². The first kappa shape index (κ1) is 21.0. The second-order valence-electron chi connectivity index (χ2n) is 7.42. The van der Waals surface area contributed by atoms with Crippen LogP contribution in [0, 0.1) is 0 Å². The third-order valence-corrected chi connectivity index (χ3v) is 4.61. The number of carboxylic acids is 1. The molecule has 1 fully saturated rings. The zero-order chi connectivity index (χ0) is 21.8. The van der Waals surface area contributed by atoms with E-state index >= 15 is 0 Å². The molecule has 2 aromatic rings. The Morgan fingerprint density at radius 2 is 1.83 bits per heavy atom. The molecule has 3 rings (SSSR count). The first-order chi connectivity index (χ1) is 14.2. The van der Waals surface area contributed by atoms with Crippen molar-refractivity contribution in [2.45, 2.75) is 38.8 Å². The quantitative estimate of drug-likeness (QED) is 0.604. The number of imide groups is 1. The van der Waals surface area contributed by atoms with Gasteiger partial charge in [0.15, 0.2) is 0 Å². The van der Waals surface area contributed by atoms with E-state index in [4.69, 9.17) is 5.11 Å². The van der Waals surface area contributed by atoms with Gasteiger partial charge in [-0.15, -0.1) is 0 Å². The van der Waals surface area contributed by atoms with Gasteiger partial charge in [0, 0.05) is 11.7 Å². The number of hydrogen-bond donors (Lipinski definition) is 3. The maximum absolute atomic E-state index is 12.8. The number of anilines is 2. The fraction of sp³-hybridized carbons (Fsp3) is 0.273. The minimum atomic E-state index is -1.13. The maximum atomic E-state index is 12.8. The molecular weight excluding hydrogens is 386 g/mol. The Morgan fingerprint density at radius 1 is 1.13 bits per heavy atom. The van der Waals surface area contributed by atoms with Gasteiger partial charge in [0.05, 0.1) is 24.1 Å². The molecule has 2 aromatic carbocycles. The third kappa shape index (κ3) is 4.83. The number of nitrogens with one attached hydrogen (secondary N) is 2. The molecule has 156 valence electrons. The van der Waals surface area contributed by atoms with Crippen LogP contribution in [0.15, 0.2) is 48.5 Å². The SMILES string of the molecule is CC(C)NC(=O)Cc1ccc(N[C@H]2CC(=O)N(c3cccc(C(=O)O)c3)C2=O)cc1. The molecule has 3 amide bonds. The van der Waals surface area contributed by atoms with Crippen molar-refractivity contribution < 1.29 is 24.3 Å². The summed E-state index contributed by atoms with van der Waals surface area (Å²) in [5.74, 6) is -2.04. The highest BCUT2D eigenvalue weighted by Crippen LogP contribution is 2.26. The lowest BCUT2D eigenvalue weighted by molar-refractivity contribution is -0.122. The summed E-state index contributed by atoms with van der Waals surface area (Å²) >= 11 is 0. The molecule has 8 nitrogen and oxygen atoms in total. The van der Waals surface area contributed by atoms with Gasteiger partial charge in [-0.25, -0.2) is 9.69 Å². The molecule has 8 heteroatoms. The summed E-state index contributed by atoms with van der Waals surface area (Å²) < 4.78 is 0. The number of benzene rings is 2. The Kier molecular flexibility index (Phi) is 6.15. The topological polar surface area (TPSA) is 116 Å². The van der Waals surface area contributed by atoms with Crippen LogP contribution in [0.1, 0.15) is 36.2 Å². The molecule has 3 N–H and O–H groups in total. The number of carbonyl (C=O) groups is 4. The van der Waals surface area contributed by atoms with Crippen LogP contribution in [0.3, 0.4) is 0 Å². The fourth-order valence-electron chi connectivity index (χ4n) is 3.27. The van der Waals surface area contributed by atoms with Crippen molar-refractivity contribution in [1.29, 1.82) is 0 Å². The molecule has 0 unspecified atom stereocenters. The van der Waals surface area contributed by atoms with E-state index in [9.17, 15) is 19.2 Å². The standard InChI is InChI=1S/C22H23N3O5/c1-13(2)23-19(26)10-14-6-8-16(9-7-14)24-18-12-20(27)25(21(18)28)17-5-3-4-15(11-17)22(29)30/h3-9,11,13,18,24H,10,12H2,1-2H3,(H,23,26)(H,29,30)/t18-/m0/s1. The summed E-state index contributed by atoms with van der Waals surface area (Å²) in [5, 5.41) is 15.0. The number of aromatic carboxylic acids is 1. The molecule has 1 heterocycles. The second kappa shape index (κ2) is 8.77. The molecule has 0 aliphatic carbocycles. The Hall–Kier alpha value is -3.68. The molecule has 1 aliphatic rings. The highest BCUT2D eigenvalue weighted by molar-refractivity contribution is 6.23. The molecule has 1 aliphatic heterocycles. The van der Waals surface area contributed by atoms with Gasteiger partial charge in [-0.2, -0.15) is 0 Å². The Balaban J connectivity index is 1.67. The number of nitrogens with zero attached hydrogens (tertiary/aromatic N) is 1. The van der Waals surface area contributed by atoms with E-state index in [0.29, 0.717) is 5.69 Å².